The number of pyridine rings is 1. The fourth-order valence-electron chi connectivity index (χ4n) is 3.94. The van der Waals surface area contributed by atoms with Gasteiger partial charge in [-0.25, -0.2) is 0 Å². The Bertz CT molecular complexity index is 900. The summed E-state index contributed by atoms with van der Waals surface area (Å²) in [6.45, 7) is 3.71. The van der Waals surface area contributed by atoms with Gasteiger partial charge in [-0.1, -0.05) is 24.3 Å². The van der Waals surface area contributed by atoms with Gasteiger partial charge in [0.2, 0.25) is 6.41 Å². The molecule has 1 atom stereocenters. The number of aromatic nitrogens is 1. The molecule has 2 aromatic rings. The van der Waals surface area contributed by atoms with Crippen molar-refractivity contribution >= 4 is 18.0 Å². The first kappa shape index (κ1) is 20.3. The zero-order chi connectivity index (χ0) is 20.9. The van der Waals surface area contributed by atoms with Crippen LogP contribution in [0.5, 0.6) is 0 Å². The van der Waals surface area contributed by atoms with Gasteiger partial charge in [0.25, 0.3) is 5.91 Å². The van der Waals surface area contributed by atoms with Gasteiger partial charge in [0.15, 0.2) is 0 Å². The number of anilines is 1. The summed E-state index contributed by atoms with van der Waals surface area (Å²) in [4.78, 5) is 31.1. The van der Waals surface area contributed by atoms with Crippen LogP contribution in [0.4, 0.5) is 5.69 Å². The number of nitrogens with zero attached hydrogens (tertiary/aromatic N) is 3. The topological polar surface area (TPSA) is 97.8 Å². The SMILES string of the molecule is O=CN1CC(Nc2ccnc(C(=O)NCC(O)CN3CCc4ccccc4C3)c2)C1. The number of β-amino-alcohol motifs (C(OH)–C–C–N with tert-alkyl or cyclic N) is 1. The Morgan fingerprint density at radius 3 is 2.87 bits per heavy atom. The largest absolute Gasteiger partial charge is 0.390 e. The second-order valence-electron chi connectivity index (χ2n) is 7.95. The number of likely N-dealkylation sites (tertiary alicyclic amines) is 1. The van der Waals surface area contributed by atoms with Crippen molar-refractivity contribution < 1.29 is 14.7 Å². The third-order valence-electron chi connectivity index (χ3n) is 5.60. The molecule has 0 radical (unpaired) electrons. The number of carbonyl (C=O) groups excluding carboxylic acids is 2. The van der Waals surface area contributed by atoms with E-state index in [1.54, 1.807) is 23.2 Å². The first-order valence-corrected chi connectivity index (χ1v) is 10.3. The molecule has 0 spiro atoms. The molecule has 1 aromatic carbocycles. The number of aliphatic hydroxyl groups is 1. The standard InChI is InChI=1S/C22H27N5O3/c28-15-27-12-19(13-27)25-18-5-7-23-21(9-18)22(30)24-10-20(29)14-26-8-6-16-3-1-2-4-17(16)11-26/h1-5,7,9,15,19-20,29H,6,8,10-14H2,(H,23,25)(H,24,30). The molecule has 3 heterocycles. The van der Waals surface area contributed by atoms with Gasteiger partial charge in [-0.05, 0) is 29.7 Å². The van der Waals surface area contributed by atoms with Crippen LogP contribution in [0.25, 0.3) is 0 Å². The average Bonchev–Trinajstić information content (AvgIpc) is 2.74. The van der Waals surface area contributed by atoms with Crippen molar-refractivity contribution in [2.45, 2.75) is 25.1 Å². The summed E-state index contributed by atoms with van der Waals surface area (Å²) >= 11 is 0. The lowest BCUT2D eigenvalue weighted by molar-refractivity contribution is -0.121. The van der Waals surface area contributed by atoms with E-state index in [1.807, 2.05) is 6.07 Å². The molecular formula is C22H27N5O3. The highest BCUT2D eigenvalue weighted by molar-refractivity contribution is 5.93. The van der Waals surface area contributed by atoms with E-state index < -0.39 is 6.10 Å². The summed E-state index contributed by atoms with van der Waals surface area (Å²) in [6, 6.07) is 12.0. The highest BCUT2D eigenvalue weighted by Gasteiger charge is 2.25. The van der Waals surface area contributed by atoms with E-state index in [2.05, 4.69) is 38.7 Å². The molecule has 3 N–H and O–H groups in total. The Hall–Kier alpha value is -2.97. The summed E-state index contributed by atoms with van der Waals surface area (Å²) in [6.07, 6.45) is 2.74. The molecular weight excluding hydrogens is 382 g/mol. The molecule has 2 aliphatic rings. The van der Waals surface area contributed by atoms with Crippen LogP contribution in [0, 0.1) is 0 Å². The Balaban J connectivity index is 1.23. The van der Waals surface area contributed by atoms with Crippen LogP contribution in [-0.4, -0.2) is 77.1 Å². The first-order valence-electron chi connectivity index (χ1n) is 10.3. The lowest BCUT2D eigenvalue weighted by Crippen LogP contribution is -2.53. The molecule has 2 amide bonds. The van der Waals surface area contributed by atoms with Crippen LogP contribution < -0.4 is 10.6 Å². The predicted octanol–water partition coefficient (Wildman–Crippen LogP) is 0.483. The first-order chi connectivity index (χ1) is 14.6. The highest BCUT2D eigenvalue weighted by Crippen LogP contribution is 2.18. The van der Waals surface area contributed by atoms with E-state index in [0.29, 0.717) is 25.3 Å². The van der Waals surface area contributed by atoms with Crippen LogP contribution in [0.3, 0.4) is 0 Å². The molecule has 8 nitrogen and oxygen atoms in total. The Morgan fingerprint density at radius 1 is 1.27 bits per heavy atom. The molecule has 0 bridgehead atoms. The number of fused-ring (bicyclic) bond motifs is 1. The van der Waals surface area contributed by atoms with Gasteiger partial charge in [-0.15, -0.1) is 0 Å². The molecule has 2 aliphatic heterocycles. The van der Waals surface area contributed by atoms with Gasteiger partial charge in [-0.3, -0.25) is 19.5 Å². The number of rotatable bonds is 8. The Labute approximate surface area is 175 Å². The minimum atomic E-state index is -0.648. The zero-order valence-electron chi connectivity index (χ0n) is 16.8. The summed E-state index contributed by atoms with van der Waals surface area (Å²) in [5.74, 6) is -0.315. The van der Waals surface area contributed by atoms with E-state index in [4.69, 9.17) is 0 Å². The van der Waals surface area contributed by atoms with Gasteiger partial charge in [0.05, 0.1) is 12.1 Å². The molecule has 1 saturated heterocycles. The van der Waals surface area contributed by atoms with Gasteiger partial charge >= 0.3 is 0 Å². The summed E-state index contributed by atoms with van der Waals surface area (Å²) in [7, 11) is 0. The molecule has 4 rings (SSSR count). The van der Waals surface area contributed by atoms with Crippen molar-refractivity contribution in [2.75, 3.05) is 38.0 Å². The maximum absolute atomic E-state index is 12.4. The van der Waals surface area contributed by atoms with Crippen LogP contribution in [-0.2, 0) is 17.8 Å². The summed E-state index contributed by atoms with van der Waals surface area (Å²) in [5.41, 5.74) is 3.76. The van der Waals surface area contributed by atoms with Crippen LogP contribution in [0.1, 0.15) is 21.6 Å². The lowest BCUT2D eigenvalue weighted by atomic mass is 10.00. The van der Waals surface area contributed by atoms with Crippen molar-refractivity contribution in [3.05, 3.63) is 59.4 Å². The summed E-state index contributed by atoms with van der Waals surface area (Å²) in [5, 5.41) is 16.4. The van der Waals surface area contributed by atoms with E-state index in [1.165, 1.54) is 11.1 Å². The van der Waals surface area contributed by atoms with Crippen molar-refractivity contribution in [1.29, 1.82) is 0 Å². The second kappa shape index (κ2) is 9.23. The fourth-order valence-corrected chi connectivity index (χ4v) is 3.94. The molecule has 8 heteroatoms. The van der Waals surface area contributed by atoms with E-state index in [9.17, 15) is 14.7 Å². The number of carbonyl (C=O) groups is 2. The molecule has 158 valence electrons. The zero-order valence-corrected chi connectivity index (χ0v) is 16.8. The second-order valence-corrected chi connectivity index (χ2v) is 7.95. The molecule has 1 aromatic heterocycles. The minimum Gasteiger partial charge on any atom is -0.390 e. The monoisotopic (exact) mass is 409 g/mol. The van der Waals surface area contributed by atoms with Gasteiger partial charge in [-0.2, -0.15) is 0 Å². The smallest absolute Gasteiger partial charge is 0.270 e. The van der Waals surface area contributed by atoms with Crippen molar-refractivity contribution in [1.82, 2.24) is 20.1 Å². The maximum Gasteiger partial charge on any atom is 0.270 e. The predicted molar refractivity (Wildman–Crippen MR) is 113 cm³/mol. The molecule has 0 aliphatic carbocycles. The molecule has 1 unspecified atom stereocenters. The number of benzene rings is 1. The van der Waals surface area contributed by atoms with Crippen LogP contribution in [0.2, 0.25) is 0 Å². The van der Waals surface area contributed by atoms with E-state index >= 15 is 0 Å². The van der Waals surface area contributed by atoms with Crippen molar-refractivity contribution in [3.63, 3.8) is 0 Å². The van der Waals surface area contributed by atoms with Crippen molar-refractivity contribution in [2.24, 2.45) is 0 Å². The maximum atomic E-state index is 12.4. The normalized spacial score (nSPS) is 17.6. The summed E-state index contributed by atoms with van der Waals surface area (Å²) < 4.78 is 0. The van der Waals surface area contributed by atoms with E-state index in [-0.39, 0.29) is 18.5 Å². The van der Waals surface area contributed by atoms with Crippen LogP contribution in [0.15, 0.2) is 42.6 Å². The van der Waals surface area contributed by atoms with Gasteiger partial charge < -0.3 is 20.6 Å². The number of hydrogen-bond acceptors (Lipinski definition) is 6. The van der Waals surface area contributed by atoms with Gasteiger partial charge in [0.1, 0.15) is 5.69 Å². The average molecular weight is 409 g/mol. The van der Waals surface area contributed by atoms with Crippen molar-refractivity contribution in [3.8, 4) is 0 Å². The van der Waals surface area contributed by atoms with E-state index in [0.717, 1.165) is 31.6 Å². The molecule has 1 fully saturated rings. The lowest BCUT2D eigenvalue weighted by Gasteiger charge is -2.37. The van der Waals surface area contributed by atoms with Crippen LogP contribution >= 0.6 is 0 Å². The van der Waals surface area contributed by atoms with Gasteiger partial charge in [0, 0.05) is 51.2 Å². The minimum absolute atomic E-state index is 0.174. The molecule has 30 heavy (non-hydrogen) atoms. The quantitative estimate of drug-likeness (QED) is 0.549. The fraction of sp³-hybridized carbons (Fsp3) is 0.409. The third-order valence-corrected chi connectivity index (χ3v) is 5.60. The number of amides is 2. The Kier molecular flexibility index (Phi) is 6.25. The number of hydrogen-bond donors (Lipinski definition) is 3. The number of aliphatic hydroxyl groups excluding tert-OH is 1. The Morgan fingerprint density at radius 2 is 2.07 bits per heavy atom. The highest BCUT2D eigenvalue weighted by atomic mass is 16.3. The molecule has 0 saturated carbocycles. The number of nitrogens with one attached hydrogen (secondary N) is 2. The third kappa shape index (κ3) is 4.95.